The summed E-state index contributed by atoms with van der Waals surface area (Å²) < 4.78 is 61.4. The lowest BCUT2D eigenvalue weighted by molar-refractivity contribution is -0.165. The van der Waals surface area contributed by atoms with Crippen LogP contribution >= 0.6 is 0 Å². The lowest BCUT2D eigenvalue weighted by atomic mass is 9.89. The Morgan fingerprint density at radius 3 is 2.58 bits per heavy atom. The summed E-state index contributed by atoms with van der Waals surface area (Å²) in [6.45, 7) is 3.78. The number of nitrogens with zero attached hydrogens (tertiary/aromatic N) is 6. The molecule has 2 unspecified atom stereocenters. The summed E-state index contributed by atoms with van der Waals surface area (Å²) in [6.07, 6.45) is -0.301. The average Bonchev–Trinajstić information content (AvgIpc) is 3.05. The number of alkyl halides is 2. The van der Waals surface area contributed by atoms with Gasteiger partial charge in [0.15, 0.2) is 11.9 Å². The number of nitrogens with one attached hydrogen (secondary N) is 1. The third-order valence-corrected chi connectivity index (χ3v) is 9.02. The van der Waals surface area contributed by atoms with Crippen molar-refractivity contribution in [2.75, 3.05) is 51.8 Å². The smallest absolute Gasteiger partial charge is 0.301 e. The molecule has 0 radical (unpaired) electrons. The van der Waals surface area contributed by atoms with Crippen LogP contribution in [0.4, 0.5) is 24.9 Å². The number of anilines is 2. The number of pyridine rings is 1. The molecule has 0 aliphatic carbocycles. The molecule has 1 aromatic carbocycles. The van der Waals surface area contributed by atoms with Gasteiger partial charge in [0.25, 0.3) is 5.91 Å². The molecule has 2 aromatic heterocycles. The first-order valence-corrected chi connectivity index (χ1v) is 15.8. The van der Waals surface area contributed by atoms with E-state index in [0.717, 1.165) is 55.8 Å². The Bertz CT molecular complexity index is 1690. The molecule has 5 heterocycles. The van der Waals surface area contributed by atoms with Crippen LogP contribution in [-0.4, -0.2) is 106 Å². The number of nitriles is 1. The highest BCUT2D eigenvalue weighted by Gasteiger charge is 2.48. The number of halogens is 3. The van der Waals surface area contributed by atoms with Crippen LogP contribution in [0.3, 0.4) is 0 Å². The van der Waals surface area contributed by atoms with Crippen molar-refractivity contribution in [3.05, 3.63) is 53.5 Å². The molecule has 0 spiro atoms. The number of carbonyl (C=O) groups excluding carboxylic acids is 1. The van der Waals surface area contributed by atoms with E-state index < -0.39 is 36.4 Å². The van der Waals surface area contributed by atoms with Crippen LogP contribution in [-0.2, 0) is 9.53 Å². The van der Waals surface area contributed by atoms with E-state index in [4.69, 9.17) is 14.2 Å². The summed E-state index contributed by atoms with van der Waals surface area (Å²) in [6, 6.07) is 10.2. The molecule has 3 aromatic rings. The van der Waals surface area contributed by atoms with Crippen molar-refractivity contribution < 1.29 is 37.3 Å². The van der Waals surface area contributed by atoms with Crippen LogP contribution in [0.5, 0.6) is 11.6 Å². The minimum absolute atomic E-state index is 0.0432. The van der Waals surface area contributed by atoms with Crippen LogP contribution < -0.4 is 14.8 Å². The highest BCUT2D eigenvalue weighted by molar-refractivity contribution is 5.80. The first kappa shape index (κ1) is 33.4. The maximum atomic E-state index is 15.0. The highest BCUT2D eigenvalue weighted by Crippen LogP contribution is 2.37. The molecule has 3 aliphatic heterocycles. The van der Waals surface area contributed by atoms with Crippen molar-refractivity contribution in [3.63, 3.8) is 0 Å². The van der Waals surface area contributed by atoms with Gasteiger partial charge in [-0.25, -0.2) is 23.1 Å². The molecular weight excluding hydrogens is 631 g/mol. The molecule has 3 fully saturated rings. The number of aromatic nitrogens is 3. The summed E-state index contributed by atoms with van der Waals surface area (Å²) in [4.78, 5) is 28.3. The first-order chi connectivity index (χ1) is 23.1. The predicted molar refractivity (Wildman–Crippen MR) is 167 cm³/mol. The average molecular weight is 668 g/mol. The fraction of sp³-hybridized carbons (Fsp3) is 0.485. The molecule has 3 saturated heterocycles. The summed E-state index contributed by atoms with van der Waals surface area (Å²) in [5.74, 6) is -3.91. The van der Waals surface area contributed by atoms with E-state index in [1.165, 1.54) is 25.1 Å². The van der Waals surface area contributed by atoms with E-state index >= 15 is 0 Å². The van der Waals surface area contributed by atoms with Gasteiger partial charge in [-0.3, -0.25) is 9.69 Å². The Morgan fingerprint density at radius 2 is 1.94 bits per heavy atom. The van der Waals surface area contributed by atoms with Gasteiger partial charge in [0.2, 0.25) is 11.8 Å². The number of hydrogen-bond donors (Lipinski definition) is 2. The topological polar surface area (TPSA) is 146 Å². The number of amides is 1. The zero-order chi connectivity index (χ0) is 34.0. The number of ether oxygens (including phenoxy) is 3. The van der Waals surface area contributed by atoms with Crippen LogP contribution in [0.2, 0.25) is 0 Å². The normalized spacial score (nSPS) is 20.8. The van der Waals surface area contributed by atoms with Crippen LogP contribution in [0.15, 0.2) is 36.5 Å². The molecule has 0 saturated carbocycles. The number of rotatable bonds is 9. The third kappa shape index (κ3) is 7.01. The first-order valence-electron chi connectivity index (χ1n) is 15.8. The van der Waals surface area contributed by atoms with Gasteiger partial charge in [0.1, 0.15) is 29.4 Å². The fourth-order valence-electron chi connectivity index (χ4n) is 6.29. The maximum Gasteiger partial charge on any atom is 0.301 e. The third-order valence-electron chi connectivity index (χ3n) is 9.02. The zero-order valence-corrected chi connectivity index (χ0v) is 26.5. The second-order valence-electron chi connectivity index (χ2n) is 12.2. The molecule has 2 atom stereocenters. The van der Waals surface area contributed by atoms with Crippen molar-refractivity contribution in [2.45, 2.75) is 56.3 Å². The maximum absolute atomic E-state index is 15.0. The molecular formula is C33H36F3N7O5. The van der Waals surface area contributed by atoms with Crippen molar-refractivity contribution in [1.82, 2.24) is 24.8 Å². The lowest BCUT2D eigenvalue weighted by Crippen LogP contribution is -2.56. The quantitative estimate of drug-likeness (QED) is 0.343. The highest BCUT2D eigenvalue weighted by atomic mass is 19.3. The predicted octanol–water partition coefficient (Wildman–Crippen LogP) is 3.88. The van der Waals surface area contributed by atoms with Gasteiger partial charge in [-0.15, -0.1) is 0 Å². The van der Waals surface area contributed by atoms with E-state index in [2.05, 4.69) is 25.2 Å². The number of carbonyl (C=O) groups is 1. The summed E-state index contributed by atoms with van der Waals surface area (Å²) in [7, 11) is 1.56. The molecule has 1 amide bonds. The second-order valence-corrected chi connectivity index (χ2v) is 12.2. The van der Waals surface area contributed by atoms with Gasteiger partial charge in [-0.2, -0.15) is 10.2 Å². The van der Waals surface area contributed by atoms with Gasteiger partial charge < -0.3 is 29.5 Å². The minimum Gasteiger partial charge on any atom is -0.483 e. The van der Waals surface area contributed by atoms with Gasteiger partial charge in [0.05, 0.1) is 44.7 Å². The molecule has 0 bridgehead atoms. The van der Waals surface area contributed by atoms with Gasteiger partial charge in [-0.05, 0) is 69.1 Å². The zero-order valence-electron chi connectivity index (χ0n) is 26.5. The number of hydrogen-bond acceptors (Lipinski definition) is 11. The summed E-state index contributed by atoms with van der Waals surface area (Å²) in [5.41, 5.74) is 0.980. The van der Waals surface area contributed by atoms with Crippen molar-refractivity contribution >= 4 is 17.7 Å². The summed E-state index contributed by atoms with van der Waals surface area (Å²) >= 11 is 0. The number of aliphatic hydroxyl groups excluding tert-OH is 1. The Balaban J connectivity index is 1.15. The van der Waals surface area contributed by atoms with Gasteiger partial charge in [0, 0.05) is 24.1 Å². The van der Waals surface area contributed by atoms with Crippen LogP contribution in [0.1, 0.15) is 43.2 Å². The van der Waals surface area contributed by atoms with Gasteiger partial charge >= 0.3 is 5.92 Å². The molecule has 2 N–H and O–H groups in total. The van der Waals surface area contributed by atoms with E-state index in [1.807, 2.05) is 12.1 Å². The van der Waals surface area contributed by atoms with E-state index in [1.54, 1.807) is 13.2 Å². The lowest BCUT2D eigenvalue weighted by Gasteiger charge is -2.41. The number of aliphatic hydroxyl groups is 1. The van der Waals surface area contributed by atoms with E-state index in [0.29, 0.717) is 23.7 Å². The Kier molecular flexibility index (Phi) is 9.68. The fourth-order valence-corrected chi connectivity index (χ4v) is 6.29. The number of piperidine rings is 2. The van der Waals surface area contributed by atoms with E-state index in [-0.39, 0.29) is 41.5 Å². The summed E-state index contributed by atoms with van der Waals surface area (Å²) in [5, 5.41) is 22.3. The van der Waals surface area contributed by atoms with Crippen LogP contribution in [0.25, 0.3) is 11.3 Å². The molecule has 15 heteroatoms. The second kappa shape index (κ2) is 13.9. The SMILES string of the molecule is COc1nc(Nc2ncc(F)c(-c3ccc(OC4CCN(C(=O)C(C)O)CC4(F)F)c(C#N)c3)n2)ccc1C1CCN(C2COC2)CC1. The standard InChI is InChI=1S/C33H36F3N7O5/c1-19(44)31(45)43-12-9-27(33(35,36)18-43)48-26-5-3-21(13-22(26)14-37)29-25(34)15-38-32(41-29)40-28-6-4-24(30(39-28)46-2)20-7-10-42(11-8-20)23-16-47-17-23/h3-6,13,15,19-20,23,27,44H,7-12,16-18H2,1-2H3,(H,38,39,40,41). The Labute approximate surface area is 275 Å². The largest absolute Gasteiger partial charge is 0.483 e. The van der Waals surface area contributed by atoms with Crippen molar-refractivity contribution in [2.24, 2.45) is 0 Å². The monoisotopic (exact) mass is 667 g/mol. The Morgan fingerprint density at radius 1 is 1.17 bits per heavy atom. The molecule has 12 nitrogen and oxygen atoms in total. The molecule has 254 valence electrons. The Hall–Kier alpha value is -4.52. The van der Waals surface area contributed by atoms with Crippen molar-refractivity contribution in [3.8, 4) is 29.0 Å². The van der Waals surface area contributed by atoms with Gasteiger partial charge in [-0.1, -0.05) is 0 Å². The molecule has 6 rings (SSSR count). The number of benzene rings is 1. The van der Waals surface area contributed by atoms with E-state index in [9.17, 15) is 28.3 Å². The number of likely N-dealkylation sites (tertiary alicyclic amines) is 2. The molecule has 3 aliphatic rings. The minimum atomic E-state index is -3.44. The van der Waals surface area contributed by atoms with Crippen LogP contribution in [0, 0.1) is 17.1 Å². The molecule has 48 heavy (non-hydrogen) atoms. The van der Waals surface area contributed by atoms with Crippen molar-refractivity contribution in [1.29, 1.82) is 5.26 Å². The number of methoxy groups -OCH3 is 1.